The fraction of sp³-hybridized carbons (Fsp3) is 0.800. The van der Waals surface area contributed by atoms with Crippen LogP contribution in [0.4, 0.5) is 0 Å². The van der Waals surface area contributed by atoms with E-state index < -0.39 is 0 Å². The molecule has 1 fully saturated rings. The molecule has 0 aromatic heterocycles. The van der Waals surface area contributed by atoms with Crippen LogP contribution in [0.5, 0.6) is 0 Å². The van der Waals surface area contributed by atoms with Crippen molar-refractivity contribution in [2.24, 2.45) is 15.7 Å². The molecule has 1 aliphatic heterocycles. The Morgan fingerprint density at radius 3 is 2.86 bits per heavy atom. The second-order valence-electron chi connectivity index (χ2n) is 5.13. The molecule has 1 spiro atoms. The molecule has 78 valence electrons. The van der Waals surface area contributed by atoms with E-state index in [4.69, 9.17) is 10.0 Å². The number of rotatable bonds is 0. The first-order chi connectivity index (χ1) is 6.55. The molecule has 1 aliphatic carbocycles. The third-order valence-electron chi connectivity index (χ3n) is 2.94. The predicted octanol–water partition coefficient (Wildman–Crippen LogP) is 2.17. The van der Waals surface area contributed by atoms with Gasteiger partial charge in [0, 0.05) is 19.1 Å². The molecular weight excluding hydrogens is 180 g/mol. The lowest BCUT2D eigenvalue weighted by Crippen LogP contribution is -2.42. The molecule has 4 heteroatoms. The van der Waals surface area contributed by atoms with Crippen LogP contribution in [0.3, 0.4) is 0 Å². The van der Waals surface area contributed by atoms with Crippen molar-refractivity contribution < 1.29 is 10.0 Å². The lowest BCUT2D eigenvalue weighted by molar-refractivity contribution is -0.0516. The van der Waals surface area contributed by atoms with Gasteiger partial charge in [-0.05, 0) is 18.3 Å². The zero-order valence-corrected chi connectivity index (χ0v) is 8.66. The summed E-state index contributed by atoms with van der Waals surface area (Å²) in [4.78, 5) is 5.43. The fourth-order valence-electron chi connectivity index (χ4n) is 2.65. The van der Waals surface area contributed by atoms with Gasteiger partial charge in [-0.1, -0.05) is 24.2 Å². The topological polar surface area (TPSA) is 54.2 Å². The number of oxime groups is 2. The van der Waals surface area contributed by atoms with Crippen LogP contribution in [0, 0.1) is 5.41 Å². The van der Waals surface area contributed by atoms with Crippen molar-refractivity contribution in [3.63, 3.8) is 0 Å². The second kappa shape index (κ2) is 2.97. The van der Waals surface area contributed by atoms with Crippen LogP contribution in [0.2, 0.25) is 0 Å². The van der Waals surface area contributed by atoms with E-state index in [0.717, 1.165) is 25.0 Å². The smallest absolute Gasteiger partial charge is 0.148 e. The molecule has 2 rings (SSSR count). The molecular formula is C10H16N2O2. The molecule has 1 saturated carbocycles. The summed E-state index contributed by atoms with van der Waals surface area (Å²) in [5, 5.41) is 16.0. The van der Waals surface area contributed by atoms with E-state index in [2.05, 4.69) is 24.2 Å². The lowest BCUT2D eigenvalue weighted by atomic mass is 9.68. The van der Waals surface area contributed by atoms with Crippen LogP contribution in [0.25, 0.3) is 0 Å². The summed E-state index contributed by atoms with van der Waals surface area (Å²) in [6, 6.07) is 0. The molecule has 0 saturated heterocycles. The SMILES string of the molecule is CC1(C)C/C(=N/O)C[C@@]2(CC=NO2)C1. The van der Waals surface area contributed by atoms with Gasteiger partial charge in [0.1, 0.15) is 5.60 Å². The van der Waals surface area contributed by atoms with Gasteiger partial charge in [0.05, 0.1) is 5.71 Å². The lowest BCUT2D eigenvalue weighted by Gasteiger charge is -2.40. The number of hydrogen-bond donors (Lipinski definition) is 1. The maximum atomic E-state index is 8.86. The van der Waals surface area contributed by atoms with Gasteiger partial charge in [0.15, 0.2) is 0 Å². The Hall–Kier alpha value is -1.06. The van der Waals surface area contributed by atoms with Crippen molar-refractivity contribution in [1.82, 2.24) is 0 Å². The van der Waals surface area contributed by atoms with Crippen molar-refractivity contribution in [2.45, 2.75) is 45.1 Å². The molecule has 0 radical (unpaired) electrons. The zero-order chi connectivity index (χ0) is 10.2. The van der Waals surface area contributed by atoms with Gasteiger partial charge in [-0.25, -0.2) is 0 Å². The Labute approximate surface area is 83.6 Å². The van der Waals surface area contributed by atoms with Crippen LogP contribution >= 0.6 is 0 Å². The molecule has 0 unspecified atom stereocenters. The Morgan fingerprint density at radius 2 is 2.29 bits per heavy atom. The van der Waals surface area contributed by atoms with E-state index in [1.165, 1.54) is 0 Å². The highest BCUT2D eigenvalue weighted by atomic mass is 16.7. The largest absolute Gasteiger partial charge is 0.411 e. The zero-order valence-electron chi connectivity index (χ0n) is 8.66. The molecule has 14 heavy (non-hydrogen) atoms. The van der Waals surface area contributed by atoms with Crippen molar-refractivity contribution in [1.29, 1.82) is 0 Å². The summed E-state index contributed by atoms with van der Waals surface area (Å²) < 4.78 is 0. The number of hydrogen-bond acceptors (Lipinski definition) is 4. The first kappa shape index (κ1) is 9.49. The molecule has 2 aliphatic rings. The molecule has 0 bridgehead atoms. The summed E-state index contributed by atoms with van der Waals surface area (Å²) in [5.41, 5.74) is 0.725. The van der Waals surface area contributed by atoms with Gasteiger partial charge in [0.2, 0.25) is 0 Å². The monoisotopic (exact) mass is 196 g/mol. The molecule has 0 amide bonds. The second-order valence-corrected chi connectivity index (χ2v) is 5.13. The fourth-order valence-corrected chi connectivity index (χ4v) is 2.65. The molecule has 1 atom stereocenters. The van der Waals surface area contributed by atoms with Crippen LogP contribution < -0.4 is 0 Å². The maximum Gasteiger partial charge on any atom is 0.148 e. The normalized spacial score (nSPS) is 37.7. The standard InChI is InChI=1S/C10H16N2O2/c1-9(2)5-8(12-13)6-10(7-9)3-4-11-14-10/h4,13H,3,5-7H2,1-2H3/b12-8-/t10-/m0/s1. The quantitative estimate of drug-likeness (QED) is 0.477. The van der Waals surface area contributed by atoms with E-state index in [-0.39, 0.29) is 11.0 Å². The van der Waals surface area contributed by atoms with E-state index in [1.54, 1.807) is 6.21 Å². The van der Waals surface area contributed by atoms with Crippen molar-refractivity contribution >= 4 is 11.9 Å². The highest BCUT2D eigenvalue weighted by Gasteiger charge is 2.46. The van der Waals surface area contributed by atoms with Gasteiger partial charge in [-0.2, -0.15) is 0 Å². The van der Waals surface area contributed by atoms with Crippen molar-refractivity contribution in [3.8, 4) is 0 Å². The average molecular weight is 196 g/mol. The van der Waals surface area contributed by atoms with Crippen LogP contribution in [-0.4, -0.2) is 22.7 Å². The molecule has 0 aromatic rings. The summed E-state index contributed by atoms with van der Waals surface area (Å²) in [7, 11) is 0. The van der Waals surface area contributed by atoms with E-state index in [1.807, 2.05) is 0 Å². The minimum atomic E-state index is -0.233. The minimum Gasteiger partial charge on any atom is -0.411 e. The van der Waals surface area contributed by atoms with Gasteiger partial charge in [-0.3, -0.25) is 0 Å². The van der Waals surface area contributed by atoms with Crippen LogP contribution in [-0.2, 0) is 4.84 Å². The molecule has 0 aromatic carbocycles. The van der Waals surface area contributed by atoms with E-state index >= 15 is 0 Å². The van der Waals surface area contributed by atoms with Crippen molar-refractivity contribution in [3.05, 3.63) is 0 Å². The Kier molecular flexibility index (Phi) is 2.01. The van der Waals surface area contributed by atoms with Gasteiger partial charge >= 0.3 is 0 Å². The molecule has 1 N–H and O–H groups in total. The minimum absolute atomic E-state index is 0.132. The molecule has 1 heterocycles. The van der Waals surface area contributed by atoms with Crippen LogP contribution in [0.1, 0.15) is 39.5 Å². The Morgan fingerprint density at radius 1 is 1.50 bits per heavy atom. The highest BCUT2D eigenvalue weighted by molar-refractivity contribution is 5.87. The summed E-state index contributed by atoms with van der Waals surface area (Å²) in [5.74, 6) is 0. The average Bonchev–Trinajstić information content (AvgIpc) is 2.49. The third kappa shape index (κ3) is 1.61. The Bertz CT molecular complexity index is 286. The first-order valence-corrected chi connectivity index (χ1v) is 4.95. The highest BCUT2D eigenvalue weighted by Crippen LogP contribution is 2.44. The van der Waals surface area contributed by atoms with Gasteiger partial charge < -0.3 is 10.0 Å². The van der Waals surface area contributed by atoms with E-state index in [9.17, 15) is 0 Å². The maximum absolute atomic E-state index is 8.86. The number of nitrogens with zero attached hydrogens (tertiary/aromatic N) is 2. The third-order valence-corrected chi connectivity index (χ3v) is 2.94. The molecule has 4 nitrogen and oxygen atoms in total. The predicted molar refractivity (Wildman–Crippen MR) is 53.8 cm³/mol. The van der Waals surface area contributed by atoms with Crippen molar-refractivity contribution in [2.75, 3.05) is 0 Å². The van der Waals surface area contributed by atoms with Gasteiger partial charge in [0.25, 0.3) is 0 Å². The summed E-state index contributed by atoms with van der Waals surface area (Å²) in [6.07, 6.45) is 5.15. The summed E-state index contributed by atoms with van der Waals surface area (Å²) >= 11 is 0. The summed E-state index contributed by atoms with van der Waals surface area (Å²) in [6.45, 7) is 4.33. The van der Waals surface area contributed by atoms with Gasteiger partial charge in [-0.15, -0.1) is 0 Å². The van der Waals surface area contributed by atoms with E-state index in [0.29, 0.717) is 6.42 Å². The van der Waals surface area contributed by atoms with Crippen LogP contribution in [0.15, 0.2) is 10.3 Å². The first-order valence-electron chi connectivity index (χ1n) is 4.95. The Balaban J connectivity index is 2.21.